The third-order valence-electron chi connectivity index (χ3n) is 6.14. The van der Waals surface area contributed by atoms with Gasteiger partial charge in [0.2, 0.25) is 0 Å². The molecule has 0 fully saturated rings. The Morgan fingerprint density at radius 3 is 3.00 bits per heavy atom. The summed E-state index contributed by atoms with van der Waals surface area (Å²) < 4.78 is 7.80. The number of allylic oxidation sites excluding steroid dienone is 2. The molecule has 4 heterocycles. The van der Waals surface area contributed by atoms with Crippen molar-refractivity contribution in [2.24, 2.45) is 0 Å². The van der Waals surface area contributed by atoms with E-state index in [1.165, 1.54) is 11.3 Å². The number of hydrogen-bond acceptors (Lipinski definition) is 7. The van der Waals surface area contributed by atoms with Gasteiger partial charge >= 0.3 is 0 Å². The molecule has 35 heavy (non-hydrogen) atoms. The van der Waals surface area contributed by atoms with Gasteiger partial charge in [0.15, 0.2) is 10.9 Å². The molecule has 8 nitrogen and oxygen atoms in total. The van der Waals surface area contributed by atoms with Crippen LogP contribution in [-0.4, -0.2) is 45.1 Å². The topological polar surface area (TPSA) is 89.4 Å². The van der Waals surface area contributed by atoms with E-state index in [1.807, 2.05) is 50.0 Å². The molecule has 0 unspecified atom stereocenters. The fourth-order valence-electron chi connectivity index (χ4n) is 4.49. The van der Waals surface area contributed by atoms with Crippen molar-refractivity contribution in [2.45, 2.75) is 52.1 Å². The molecule has 1 aromatic carbocycles. The van der Waals surface area contributed by atoms with Gasteiger partial charge < -0.3 is 15.0 Å². The maximum atomic E-state index is 12.6. The summed E-state index contributed by atoms with van der Waals surface area (Å²) in [4.78, 5) is 32.0. The number of carbonyl (C=O) groups excluding carboxylic acids is 2. The van der Waals surface area contributed by atoms with Crippen LogP contribution in [0, 0.1) is 0 Å². The molecule has 2 aliphatic rings. The Balaban J connectivity index is 1.38. The number of fused-ring (bicyclic) bond motifs is 2. The lowest BCUT2D eigenvalue weighted by Crippen LogP contribution is -2.48. The second kappa shape index (κ2) is 9.30. The molecule has 2 aliphatic heterocycles. The molecule has 1 N–H and O–H groups in total. The van der Waals surface area contributed by atoms with Crippen LogP contribution in [0.2, 0.25) is 0 Å². The molecular weight excluding hydrogens is 462 g/mol. The number of ketones is 1. The number of thiazole rings is 1. The minimum atomic E-state index is -0.300. The quantitative estimate of drug-likeness (QED) is 0.489. The number of aryl methyl sites for hydroxylation is 1. The highest BCUT2D eigenvalue weighted by Gasteiger charge is 2.34. The third-order valence-corrected chi connectivity index (χ3v) is 7.26. The number of aromatic nitrogens is 3. The largest absolute Gasteiger partial charge is 0.490 e. The minimum absolute atomic E-state index is 0.0536. The molecule has 3 aromatic rings. The van der Waals surface area contributed by atoms with Crippen molar-refractivity contribution in [3.63, 3.8) is 0 Å². The minimum Gasteiger partial charge on any atom is -0.490 e. The molecule has 0 saturated carbocycles. The Hall–Kier alpha value is -3.46. The third kappa shape index (κ3) is 4.86. The van der Waals surface area contributed by atoms with Gasteiger partial charge in [0, 0.05) is 36.7 Å². The Kier molecular flexibility index (Phi) is 6.19. The summed E-state index contributed by atoms with van der Waals surface area (Å²) in [5, 5.41) is 8.35. The van der Waals surface area contributed by atoms with E-state index in [1.54, 1.807) is 12.2 Å². The molecule has 0 radical (unpaired) electrons. The average Bonchev–Trinajstić information content (AvgIpc) is 3.45. The van der Waals surface area contributed by atoms with E-state index in [4.69, 9.17) is 9.72 Å². The van der Waals surface area contributed by atoms with E-state index < -0.39 is 0 Å². The Labute approximate surface area is 208 Å². The zero-order valence-electron chi connectivity index (χ0n) is 20.2. The lowest BCUT2D eigenvalue weighted by atomic mass is 9.94. The lowest BCUT2D eigenvalue weighted by Gasteiger charge is -2.29. The number of amides is 1. The van der Waals surface area contributed by atoms with Gasteiger partial charge in [-0.25, -0.2) is 4.98 Å². The van der Waals surface area contributed by atoms with Crippen molar-refractivity contribution in [1.82, 2.24) is 20.1 Å². The fraction of sp³-hybridized carbons (Fsp3) is 0.385. The Morgan fingerprint density at radius 1 is 1.31 bits per heavy atom. The molecular formula is C26H29N5O3S. The first kappa shape index (κ1) is 23.3. The summed E-state index contributed by atoms with van der Waals surface area (Å²) in [6.07, 6.45) is 9.20. The van der Waals surface area contributed by atoms with Crippen LogP contribution in [0.4, 0.5) is 10.8 Å². The number of hydrogen-bond donors (Lipinski definition) is 1. The van der Waals surface area contributed by atoms with Gasteiger partial charge in [-0.1, -0.05) is 23.5 Å². The highest BCUT2D eigenvalue weighted by atomic mass is 32.1. The molecule has 0 aliphatic carbocycles. The maximum absolute atomic E-state index is 12.6. The van der Waals surface area contributed by atoms with Gasteiger partial charge in [-0.15, -0.1) is 0 Å². The first-order valence-corrected chi connectivity index (χ1v) is 12.7. The predicted molar refractivity (Wildman–Crippen MR) is 137 cm³/mol. The van der Waals surface area contributed by atoms with Gasteiger partial charge in [-0.05, 0) is 51.0 Å². The van der Waals surface area contributed by atoms with Gasteiger partial charge in [-0.2, -0.15) is 5.10 Å². The van der Waals surface area contributed by atoms with Crippen LogP contribution in [0.3, 0.4) is 0 Å². The molecule has 0 saturated heterocycles. The van der Waals surface area contributed by atoms with Crippen LogP contribution < -0.4 is 15.0 Å². The van der Waals surface area contributed by atoms with Crippen molar-refractivity contribution in [3.8, 4) is 16.9 Å². The van der Waals surface area contributed by atoms with Gasteiger partial charge in [0.25, 0.3) is 5.91 Å². The molecule has 182 valence electrons. The number of benzene rings is 1. The van der Waals surface area contributed by atoms with Gasteiger partial charge in [0.05, 0.1) is 24.1 Å². The molecule has 0 atom stereocenters. The number of nitrogens with zero attached hydrogens (tertiary/aromatic N) is 4. The molecule has 2 aromatic heterocycles. The molecule has 9 heteroatoms. The van der Waals surface area contributed by atoms with Gasteiger partial charge in [0.1, 0.15) is 17.2 Å². The van der Waals surface area contributed by atoms with Gasteiger partial charge in [-0.3, -0.25) is 14.3 Å². The molecule has 0 bridgehead atoms. The van der Waals surface area contributed by atoms with Crippen LogP contribution in [-0.2, 0) is 17.8 Å². The smallest absolute Gasteiger partial charge is 0.263 e. The SMILES string of the molecule is C/C=C/C(=O)CCCn1cc(-c2ccc3c(c2)N(c2nc4c(s2)C(=O)NC(C)(C)C4)CCO3)cn1. The van der Waals surface area contributed by atoms with Crippen molar-refractivity contribution >= 4 is 33.8 Å². The Morgan fingerprint density at radius 2 is 2.17 bits per heavy atom. The summed E-state index contributed by atoms with van der Waals surface area (Å²) in [7, 11) is 0. The van der Waals surface area contributed by atoms with Crippen LogP contribution in [0.1, 0.15) is 49.0 Å². The second-order valence-corrected chi connectivity index (χ2v) is 10.5. The number of nitrogens with one attached hydrogen (secondary N) is 1. The van der Waals surface area contributed by atoms with Crippen molar-refractivity contribution in [2.75, 3.05) is 18.1 Å². The molecule has 5 rings (SSSR count). The van der Waals surface area contributed by atoms with Crippen LogP contribution in [0.25, 0.3) is 11.1 Å². The van der Waals surface area contributed by atoms with E-state index in [9.17, 15) is 9.59 Å². The summed E-state index contributed by atoms with van der Waals surface area (Å²) >= 11 is 1.43. The summed E-state index contributed by atoms with van der Waals surface area (Å²) in [5.41, 5.74) is 3.51. The average molecular weight is 492 g/mol. The monoisotopic (exact) mass is 491 g/mol. The van der Waals surface area contributed by atoms with Crippen LogP contribution in [0.5, 0.6) is 5.75 Å². The van der Waals surface area contributed by atoms with Crippen LogP contribution in [0.15, 0.2) is 42.7 Å². The standard InChI is InChI=1S/C26H29N5O3S/c1-4-6-19(32)7-5-10-30-16-18(15-27-30)17-8-9-22-21(13-17)31(11-12-34-22)25-28-20-14-26(2,3)29-24(33)23(20)35-25/h4,6,8-9,13,15-16H,5,7,10-12,14H2,1-3H3,(H,29,33)/b6-4+. The number of rotatable bonds is 7. The van der Waals surface area contributed by atoms with E-state index in [0.29, 0.717) is 37.4 Å². The van der Waals surface area contributed by atoms with Crippen LogP contribution >= 0.6 is 11.3 Å². The van der Waals surface area contributed by atoms with E-state index in [2.05, 4.69) is 21.4 Å². The van der Waals surface area contributed by atoms with E-state index in [0.717, 1.165) is 39.8 Å². The zero-order chi connectivity index (χ0) is 24.6. The normalized spacial score (nSPS) is 16.5. The Bertz CT molecular complexity index is 1310. The highest BCUT2D eigenvalue weighted by molar-refractivity contribution is 7.17. The lowest BCUT2D eigenvalue weighted by molar-refractivity contribution is -0.114. The van der Waals surface area contributed by atoms with E-state index >= 15 is 0 Å². The fourth-order valence-corrected chi connectivity index (χ4v) is 5.51. The van der Waals surface area contributed by atoms with Crippen molar-refractivity contribution < 1.29 is 14.3 Å². The summed E-state index contributed by atoms with van der Waals surface area (Å²) in [6, 6.07) is 6.10. The van der Waals surface area contributed by atoms with Crippen molar-refractivity contribution in [1.29, 1.82) is 0 Å². The first-order valence-electron chi connectivity index (χ1n) is 11.9. The second-order valence-electron chi connectivity index (χ2n) is 9.53. The molecule has 1 amide bonds. The number of ether oxygens (including phenoxy) is 1. The molecule has 0 spiro atoms. The number of carbonyl (C=O) groups is 2. The summed E-state index contributed by atoms with van der Waals surface area (Å²) in [6.45, 7) is 7.79. The highest BCUT2D eigenvalue weighted by Crippen LogP contribution is 2.42. The van der Waals surface area contributed by atoms with E-state index in [-0.39, 0.29) is 17.2 Å². The summed E-state index contributed by atoms with van der Waals surface area (Å²) in [5.74, 6) is 0.884. The predicted octanol–water partition coefficient (Wildman–Crippen LogP) is 4.53. The number of anilines is 2. The van der Waals surface area contributed by atoms with Crippen molar-refractivity contribution in [3.05, 3.63) is 53.3 Å². The first-order chi connectivity index (χ1) is 16.8. The zero-order valence-corrected chi connectivity index (χ0v) is 21.0. The maximum Gasteiger partial charge on any atom is 0.263 e.